The van der Waals surface area contributed by atoms with Gasteiger partial charge < -0.3 is 10.2 Å². The van der Waals surface area contributed by atoms with E-state index in [2.05, 4.69) is 19.2 Å². The summed E-state index contributed by atoms with van der Waals surface area (Å²) in [4.78, 5) is 13.2. The Hall–Kier alpha value is -0.570. The number of rotatable bonds is 4. The Morgan fingerprint density at radius 3 is 2.92 bits per heavy atom. The number of likely N-dealkylation sites (N-methyl/N-ethyl adjacent to an activating group) is 1. The van der Waals surface area contributed by atoms with Crippen LogP contribution in [-0.4, -0.2) is 37.0 Å². The maximum Gasteiger partial charge on any atom is 0.222 e. The van der Waals surface area contributed by atoms with Crippen molar-refractivity contribution >= 4 is 5.91 Å². The standard InChI is InChI=1S/C9H18N2O/c1-3-10-4-5-11-7-8(2)6-9(11)12/h8,10H,3-7H2,1-2H3. The lowest BCUT2D eigenvalue weighted by atomic mass is 10.2. The molecule has 0 aromatic rings. The van der Waals surface area contributed by atoms with Gasteiger partial charge in [-0.05, 0) is 12.5 Å². The number of hydrogen-bond acceptors (Lipinski definition) is 2. The van der Waals surface area contributed by atoms with Crippen molar-refractivity contribution in [3.63, 3.8) is 0 Å². The molecule has 0 aliphatic carbocycles. The monoisotopic (exact) mass is 170 g/mol. The van der Waals surface area contributed by atoms with E-state index in [9.17, 15) is 4.79 Å². The van der Waals surface area contributed by atoms with E-state index in [1.807, 2.05) is 4.90 Å². The fourth-order valence-electron chi connectivity index (χ4n) is 1.58. The van der Waals surface area contributed by atoms with Crippen molar-refractivity contribution < 1.29 is 4.79 Å². The first-order valence-corrected chi connectivity index (χ1v) is 4.72. The third-order valence-corrected chi connectivity index (χ3v) is 2.22. The van der Waals surface area contributed by atoms with Crippen LogP contribution in [0.5, 0.6) is 0 Å². The van der Waals surface area contributed by atoms with E-state index in [0.717, 1.165) is 32.6 Å². The van der Waals surface area contributed by atoms with E-state index in [1.54, 1.807) is 0 Å². The molecule has 70 valence electrons. The van der Waals surface area contributed by atoms with Crippen LogP contribution >= 0.6 is 0 Å². The molecule has 3 nitrogen and oxygen atoms in total. The third kappa shape index (κ3) is 2.48. The minimum atomic E-state index is 0.320. The molecule has 1 rings (SSSR count). The highest BCUT2D eigenvalue weighted by atomic mass is 16.2. The van der Waals surface area contributed by atoms with Crippen LogP contribution in [0.25, 0.3) is 0 Å². The number of likely N-dealkylation sites (tertiary alicyclic amines) is 1. The van der Waals surface area contributed by atoms with Crippen molar-refractivity contribution in [3.05, 3.63) is 0 Å². The maximum absolute atomic E-state index is 11.3. The van der Waals surface area contributed by atoms with Crippen LogP contribution in [0.4, 0.5) is 0 Å². The molecule has 1 aliphatic rings. The molecule has 0 bridgehead atoms. The van der Waals surface area contributed by atoms with E-state index in [4.69, 9.17) is 0 Å². The van der Waals surface area contributed by atoms with E-state index in [0.29, 0.717) is 11.8 Å². The average molecular weight is 170 g/mol. The van der Waals surface area contributed by atoms with Crippen molar-refractivity contribution in [2.75, 3.05) is 26.2 Å². The summed E-state index contributed by atoms with van der Waals surface area (Å²) in [6.45, 7) is 7.94. The summed E-state index contributed by atoms with van der Waals surface area (Å²) in [7, 11) is 0. The molecule has 1 atom stereocenters. The second kappa shape index (κ2) is 4.45. The molecule has 1 N–H and O–H groups in total. The number of hydrogen-bond donors (Lipinski definition) is 1. The van der Waals surface area contributed by atoms with Crippen molar-refractivity contribution in [1.29, 1.82) is 0 Å². The number of amides is 1. The van der Waals surface area contributed by atoms with Crippen LogP contribution in [-0.2, 0) is 4.79 Å². The largest absolute Gasteiger partial charge is 0.341 e. The Morgan fingerprint density at radius 2 is 2.42 bits per heavy atom. The summed E-state index contributed by atoms with van der Waals surface area (Å²) >= 11 is 0. The predicted molar refractivity (Wildman–Crippen MR) is 48.9 cm³/mol. The third-order valence-electron chi connectivity index (χ3n) is 2.22. The smallest absolute Gasteiger partial charge is 0.222 e. The predicted octanol–water partition coefficient (Wildman–Crippen LogP) is 0.464. The van der Waals surface area contributed by atoms with E-state index in [1.165, 1.54) is 0 Å². The van der Waals surface area contributed by atoms with Crippen LogP contribution in [0.1, 0.15) is 20.3 Å². The van der Waals surface area contributed by atoms with Gasteiger partial charge in [0.15, 0.2) is 0 Å². The lowest BCUT2D eigenvalue weighted by Gasteiger charge is -2.15. The van der Waals surface area contributed by atoms with Crippen LogP contribution in [0.2, 0.25) is 0 Å². The van der Waals surface area contributed by atoms with Gasteiger partial charge in [-0.1, -0.05) is 13.8 Å². The van der Waals surface area contributed by atoms with Crippen LogP contribution < -0.4 is 5.32 Å². The molecule has 0 saturated carbocycles. The van der Waals surface area contributed by atoms with Gasteiger partial charge in [0.25, 0.3) is 0 Å². The molecular formula is C9H18N2O. The second-order valence-corrected chi connectivity index (χ2v) is 3.50. The zero-order valence-electron chi connectivity index (χ0n) is 7.97. The molecule has 1 heterocycles. The number of nitrogens with zero attached hydrogens (tertiary/aromatic N) is 1. The van der Waals surface area contributed by atoms with E-state index >= 15 is 0 Å². The SMILES string of the molecule is CCNCCN1CC(C)CC1=O. The molecule has 1 unspecified atom stereocenters. The number of nitrogens with one attached hydrogen (secondary N) is 1. The first-order chi connectivity index (χ1) is 5.74. The quantitative estimate of drug-likeness (QED) is 0.622. The van der Waals surface area contributed by atoms with Crippen molar-refractivity contribution in [1.82, 2.24) is 10.2 Å². The lowest BCUT2D eigenvalue weighted by molar-refractivity contribution is -0.127. The lowest BCUT2D eigenvalue weighted by Crippen LogP contribution is -2.33. The molecule has 3 heteroatoms. The van der Waals surface area contributed by atoms with Crippen molar-refractivity contribution in [3.8, 4) is 0 Å². The zero-order valence-corrected chi connectivity index (χ0v) is 7.97. The molecular weight excluding hydrogens is 152 g/mol. The van der Waals surface area contributed by atoms with E-state index in [-0.39, 0.29) is 0 Å². The van der Waals surface area contributed by atoms with Gasteiger partial charge in [0, 0.05) is 26.1 Å². The summed E-state index contributed by atoms with van der Waals surface area (Å²) in [5, 5.41) is 3.22. The molecule has 0 radical (unpaired) electrons. The first-order valence-electron chi connectivity index (χ1n) is 4.72. The highest BCUT2D eigenvalue weighted by Crippen LogP contribution is 2.15. The summed E-state index contributed by atoms with van der Waals surface area (Å²) in [5.74, 6) is 0.875. The molecule has 0 aromatic carbocycles. The first kappa shape index (κ1) is 9.52. The summed E-state index contributed by atoms with van der Waals surface area (Å²) in [6, 6.07) is 0. The van der Waals surface area contributed by atoms with Crippen LogP contribution in [0.3, 0.4) is 0 Å². The van der Waals surface area contributed by atoms with Gasteiger partial charge in [0.05, 0.1) is 0 Å². The van der Waals surface area contributed by atoms with E-state index < -0.39 is 0 Å². The Bertz CT molecular complexity index is 159. The molecule has 1 aliphatic heterocycles. The Morgan fingerprint density at radius 1 is 1.67 bits per heavy atom. The van der Waals surface area contributed by atoms with Gasteiger partial charge >= 0.3 is 0 Å². The number of carbonyl (C=O) groups excluding carboxylic acids is 1. The van der Waals surface area contributed by atoms with Gasteiger partial charge in [-0.3, -0.25) is 4.79 Å². The van der Waals surface area contributed by atoms with Gasteiger partial charge in [-0.25, -0.2) is 0 Å². The normalized spacial score (nSPS) is 23.7. The van der Waals surface area contributed by atoms with Crippen LogP contribution in [0, 0.1) is 5.92 Å². The fourth-order valence-corrected chi connectivity index (χ4v) is 1.58. The Labute approximate surface area is 74.1 Å². The van der Waals surface area contributed by atoms with Gasteiger partial charge in [-0.2, -0.15) is 0 Å². The summed E-state index contributed by atoms with van der Waals surface area (Å²) in [5.41, 5.74) is 0. The van der Waals surface area contributed by atoms with Gasteiger partial charge in [0.1, 0.15) is 0 Å². The molecule has 1 fully saturated rings. The minimum Gasteiger partial charge on any atom is -0.341 e. The Balaban J connectivity index is 2.19. The molecule has 1 saturated heterocycles. The second-order valence-electron chi connectivity index (χ2n) is 3.50. The minimum absolute atomic E-state index is 0.320. The van der Waals surface area contributed by atoms with Gasteiger partial charge in [-0.15, -0.1) is 0 Å². The summed E-state index contributed by atoms with van der Waals surface area (Å²) in [6.07, 6.45) is 0.742. The highest BCUT2D eigenvalue weighted by Gasteiger charge is 2.25. The molecule has 1 amide bonds. The zero-order chi connectivity index (χ0) is 8.97. The Kier molecular flexibility index (Phi) is 3.53. The molecule has 12 heavy (non-hydrogen) atoms. The molecule has 0 spiro atoms. The van der Waals surface area contributed by atoms with Crippen molar-refractivity contribution in [2.45, 2.75) is 20.3 Å². The number of carbonyl (C=O) groups is 1. The van der Waals surface area contributed by atoms with Gasteiger partial charge in [0.2, 0.25) is 5.91 Å². The summed E-state index contributed by atoms with van der Waals surface area (Å²) < 4.78 is 0. The average Bonchev–Trinajstić information content (AvgIpc) is 2.31. The van der Waals surface area contributed by atoms with Crippen LogP contribution in [0.15, 0.2) is 0 Å². The highest BCUT2D eigenvalue weighted by molar-refractivity contribution is 5.78. The molecule has 0 aromatic heterocycles. The topological polar surface area (TPSA) is 32.3 Å². The van der Waals surface area contributed by atoms with Crippen molar-refractivity contribution in [2.24, 2.45) is 5.92 Å². The maximum atomic E-state index is 11.3. The fraction of sp³-hybridized carbons (Fsp3) is 0.889.